The van der Waals surface area contributed by atoms with E-state index in [4.69, 9.17) is 9.47 Å². The Bertz CT molecular complexity index is 1170. The molecule has 0 unspecified atom stereocenters. The average Bonchev–Trinajstić information content (AvgIpc) is 3.00. The molecule has 0 fully saturated rings. The number of allylic oxidation sites excluding steroid dienone is 2. The first-order valence-corrected chi connectivity index (χ1v) is 15.4. The number of rotatable bonds is 20. The van der Waals surface area contributed by atoms with Crippen LogP contribution in [-0.4, -0.2) is 48.2 Å². The van der Waals surface area contributed by atoms with Crippen molar-refractivity contribution in [3.05, 3.63) is 91.0 Å². The summed E-state index contributed by atoms with van der Waals surface area (Å²) in [6.45, 7) is 13.6. The molecule has 0 saturated carbocycles. The van der Waals surface area contributed by atoms with Crippen LogP contribution in [0.1, 0.15) is 70.4 Å². The van der Waals surface area contributed by atoms with Gasteiger partial charge in [0.2, 0.25) is 11.8 Å². The fourth-order valence-electron chi connectivity index (χ4n) is 4.51. The molecule has 2 rings (SSSR count). The Morgan fingerprint density at radius 3 is 2.25 bits per heavy atom. The standard InChI is InChI=1S/C36H50N2O6/c1-6-8-9-13-17-34(41)44-26-32(36(3,4)5)38-35(42)29(14-7-2)23-33(40)37-30(24-39)22-27-18-20-31(21-19-27)43-25-28-15-11-10-12-16-28/h6-7,10-12,15-16,18-21,29-30,32,39H,1-2,8-9,13-14,17,22-26H2,3-5H3,(H,37,40)(H,38,42)/t29-,30-,32+/m0/s1. The van der Waals surface area contributed by atoms with Crippen molar-refractivity contribution in [2.75, 3.05) is 13.2 Å². The Balaban J connectivity index is 1.90. The smallest absolute Gasteiger partial charge is 0.305 e. The summed E-state index contributed by atoms with van der Waals surface area (Å²) in [5, 5.41) is 15.8. The Morgan fingerprint density at radius 2 is 1.64 bits per heavy atom. The molecule has 0 spiro atoms. The molecule has 2 amide bonds. The number of carbonyl (C=O) groups is 3. The minimum atomic E-state index is -0.660. The molecular formula is C36H50N2O6. The van der Waals surface area contributed by atoms with Gasteiger partial charge in [-0.1, -0.05) is 75.4 Å². The Labute approximate surface area is 262 Å². The normalized spacial score (nSPS) is 13.2. The van der Waals surface area contributed by atoms with Gasteiger partial charge in [0.25, 0.3) is 0 Å². The van der Waals surface area contributed by atoms with E-state index in [0.29, 0.717) is 25.9 Å². The Kier molecular flexibility index (Phi) is 16.0. The summed E-state index contributed by atoms with van der Waals surface area (Å²) in [4.78, 5) is 38.5. The quantitative estimate of drug-likeness (QED) is 0.101. The van der Waals surface area contributed by atoms with E-state index in [-0.39, 0.29) is 42.8 Å². The predicted molar refractivity (Wildman–Crippen MR) is 174 cm³/mol. The van der Waals surface area contributed by atoms with Crippen molar-refractivity contribution in [3.63, 3.8) is 0 Å². The maximum absolute atomic E-state index is 13.3. The minimum Gasteiger partial charge on any atom is -0.489 e. The van der Waals surface area contributed by atoms with Gasteiger partial charge in [0.05, 0.1) is 24.6 Å². The average molecular weight is 607 g/mol. The highest BCUT2D eigenvalue weighted by Crippen LogP contribution is 2.22. The number of aliphatic hydroxyl groups is 1. The molecule has 8 nitrogen and oxygen atoms in total. The van der Waals surface area contributed by atoms with Crippen molar-refractivity contribution >= 4 is 17.8 Å². The molecule has 8 heteroatoms. The largest absolute Gasteiger partial charge is 0.489 e. The first kappa shape index (κ1) is 36.3. The molecule has 0 saturated heterocycles. The SMILES string of the molecule is C=CCCCCC(=O)OC[C@@H](NC(=O)[C@@H](CC=C)CC(=O)N[C@H](CO)Cc1ccc(OCc2ccccc2)cc1)C(C)(C)C. The topological polar surface area (TPSA) is 114 Å². The second-order valence-electron chi connectivity index (χ2n) is 12.1. The lowest BCUT2D eigenvalue weighted by molar-refractivity contribution is -0.146. The van der Waals surface area contributed by atoms with E-state index in [1.807, 2.05) is 81.4 Å². The number of benzene rings is 2. The molecule has 44 heavy (non-hydrogen) atoms. The molecule has 2 aromatic rings. The summed E-state index contributed by atoms with van der Waals surface area (Å²) in [6, 6.07) is 16.5. The minimum absolute atomic E-state index is 0.0468. The molecule has 240 valence electrons. The molecule has 0 aliphatic rings. The van der Waals surface area contributed by atoms with E-state index in [9.17, 15) is 19.5 Å². The molecule has 3 N–H and O–H groups in total. The second kappa shape index (κ2) is 19.4. The number of unbranched alkanes of at least 4 members (excludes halogenated alkanes) is 2. The summed E-state index contributed by atoms with van der Waals surface area (Å²) in [5.41, 5.74) is 1.62. The molecule has 2 aromatic carbocycles. The van der Waals surface area contributed by atoms with E-state index in [0.717, 1.165) is 36.1 Å². The molecule has 0 heterocycles. The van der Waals surface area contributed by atoms with E-state index < -0.39 is 18.0 Å². The number of hydrogen-bond acceptors (Lipinski definition) is 6. The third kappa shape index (κ3) is 14.0. The lowest BCUT2D eigenvalue weighted by Crippen LogP contribution is -2.50. The molecule has 0 aliphatic heterocycles. The van der Waals surface area contributed by atoms with Gasteiger partial charge in [0, 0.05) is 12.8 Å². The zero-order chi connectivity index (χ0) is 32.4. The van der Waals surface area contributed by atoms with E-state index >= 15 is 0 Å². The van der Waals surface area contributed by atoms with Crippen molar-refractivity contribution in [2.24, 2.45) is 11.3 Å². The van der Waals surface area contributed by atoms with E-state index in [2.05, 4.69) is 23.8 Å². The van der Waals surface area contributed by atoms with Crippen LogP contribution in [0.25, 0.3) is 0 Å². The van der Waals surface area contributed by atoms with Gasteiger partial charge in [0.1, 0.15) is 19.0 Å². The van der Waals surface area contributed by atoms with Crippen molar-refractivity contribution in [1.29, 1.82) is 0 Å². The Morgan fingerprint density at radius 1 is 0.932 bits per heavy atom. The van der Waals surface area contributed by atoms with Crippen molar-refractivity contribution in [2.45, 2.75) is 84.4 Å². The molecule has 3 atom stereocenters. The van der Waals surface area contributed by atoms with Crippen molar-refractivity contribution in [1.82, 2.24) is 10.6 Å². The fourth-order valence-corrected chi connectivity index (χ4v) is 4.51. The van der Waals surface area contributed by atoms with Crippen LogP contribution in [0.2, 0.25) is 0 Å². The molecule has 0 aliphatic carbocycles. The summed E-state index contributed by atoms with van der Waals surface area (Å²) in [7, 11) is 0. The van der Waals surface area contributed by atoms with Crippen LogP contribution in [0.3, 0.4) is 0 Å². The lowest BCUT2D eigenvalue weighted by Gasteiger charge is -2.32. The van der Waals surface area contributed by atoms with Gasteiger partial charge in [-0.3, -0.25) is 14.4 Å². The van der Waals surface area contributed by atoms with Crippen LogP contribution in [0, 0.1) is 11.3 Å². The number of amides is 2. The highest BCUT2D eigenvalue weighted by Gasteiger charge is 2.31. The van der Waals surface area contributed by atoms with Crippen molar-refractivity contribution in [3.8, 4) is 5.75 Å². The zero-order valence-electron chi connectivity index (χ0n) is 26.6. The first-order chi connectivity index (χ1) is 21.0. The lowest BCUT2D eigenvalue weighted by atomic mass is 9.86. The van der Waals surface area contributed by atoms with Gasteiger partial charge >= 0.3 is 5.97 Å². The number of carbonyl (C=O) groups excluding carboxylic acids is 3. The second-order valence-corrected chi connectivity index (χ2v) is 12.1. The van der Waals surface area contributed by atoms with Gasteiger partial charge in [-0.15, -0.1) is 13.2 Å². The van der Waals surface area contributed by atoms with Gasteiger partial charge < -0.3 is 25.2 Å². The third-order valence-corrected chi connectivity index (χ3v) is 7.31. The molecule has 0 bridgehead atoms. The summed E-state index contributed by atoms with van der Waals surface area (Å²) in [5.74, 6) is -0.885. The van der Waals surface area contributed by atoms with Crippen molar-refractivity contribution < 1.29 is 29.0 Å². The van der Waals surface area contributed by atoms with Crippen LogP contribution >= 0.6 is 0 Å². The summed E-state index contributed by atoms with van der Waals surface area (Å²) < 4.78 is 11.3. The Hall–Kier alpha value is -3.91. The fraction of sp³-hybridized carbons (Fsp3) is 0.472. The number of nitrogens with one attached hydrogen (secondary N) is 2. The monoisotopic (exact) mass is 606 g/mol. The van der Waals surface area contributed by atoms with Gasteiger partial charge in [-0.25, -0.2) is 0 Å². The number of esters is 1. The van der Waals surface area contributed by atoms with Crippen LogP contribution in [0.5, 0.6) is 5.75 Å². The predicted octanol–water partition coefficient (Wildman–Crippen LogP) is 5.69. The van der Waals surface area contributed by atoms with Crippen LogP contribution < -0.4 is 15.4 Å². The highest BCUT2D eigenvalue weighted by molar-refractivity contribution is 5.86. The van der Waals surface area contributed by atoms with Gasteiger partial charge in [-0.2, -0.15) is 0 Å². The maximum Gasteiger partial charge on any atom is 0.305 e. The van der Waals surface area contributed by atoms with Gasteiger partial charge in [0.15, 0.2) is 0 Å². The maximum atomic E-state index is 13.3. The third-order valence-electron chi connectivity index (χ3n) is 7.31. The summed E-state index contributed by atoms with van der Waals surface area (Å²) in [6.07, 6.45) is 6.84. The van der Waals surface area contributed by atoms with Gasteiger partial charge in [-0.05, 0) is 60.8 Å². The highest BCUT2D eigenvalue weighted by atomic mass is 16.5. The molecular weight excluding hydrogens is 556 g/mol. The van der Waals surface area contributed by atoms with E-state index in [1.165, 1.54) is 0 Å². The zero-order valence-corrected chi connectivity index (χ0v) is 26.6. The number of aliphatic hydroxyl groups excluding tert-OH is 1. The summed E-state index contributed by atoms with van der Waals surface area (Å²) >= 11 is 0. The van der Waals surface area contributed by atoms with Crippen LogP contribution in [0.4, 0.5) is 0 Å². The molecule has 0 aromatic heterocycles. The number of ether oxygens (including phenoxy) is 2. The number of hydrogen-bond donors (Lipinski definition) is 3. The van der Waals surface area contributed by atoms with Crippen LogP contribution in [-0.2, 0) is 32.1 Å². The first-order valence-electron chi connectivity index (χ1n) is 15.4. The molecule has 0 radical (unpaired) electrons. The van der Waals surface area contributed by atoms with Crippen LogP contribution in [0.15, 0.2) is 79.9 Å². The van der Waals surface area contributed by atoms with E-state index in [1.54, 1.807) is 6.08 Å².